The van der Waals surface area contributed by atoms with E-state index in [-0.39, 0.29) is 29.4 Å². The van der Waals surface area contributed by atoms with Crippen LogP contribution in [0.25, 0.3) is 0 Å². The highest BCUT2D eigenvalue weighted by atomic mass is 127. The Morgan fingerprint density at radius 2 is 2.03 bits per heavy atom. The molecule has 9 heteroatoms. The molecular weight excluding hydrogens is 545 g/mol. The Morgan fingerprint density at radius 3 is 2.72 bits per heavy atom. The zero-order valence-corrected chi connectivity index (χ0v) is 21.8. The molecule has 32 heavy (non-hydrogen) atoms. The molecule has 1 fully saturated rings. The molecule has 2 aromatic rings. The lowest BCUT2D eigenvalue weighted by Crippen LogP contribution is -2.48. The van der Waals surface area contributed by atoms with E-state index in [1.165, 1.54) is 0 Å². The van der Waals surface area contributed by atoms with Crippen LogP contribution in [0.3, 0.4) is 0 Å². The highest BCUT2D eigenvalue weighted by molar-refractivity contribution is 14.0. The van der Waals surface area contributed by atoms with Crippen molar-refractivity contribution in [1.82, 2.24) is 10.6 Å². The molecule has 2 N–H and O–H groups in total. The molecule has 0 radical (unpaired) electrons. The Labute approximate surface area is 212 Å². The number of guanidine groups is 1. The molecule has 1 aromatic heterocycles. The summed E-state index contributed by atoms with van der Waals surface area (Å²) in [7, 11) is 3.47. The zero-order chi connectivity index (χ0) is 21.9. The SMILES string of the molecule is CN=C(NCCCOCc1ccco1)NCC1(c2cc(Cl)ccc2OC)CCOCC1.I. The number of nitrogens with zero attached hydrogens (tertiary/aromatic N) is 1. The smallest absolute Gasteiger partial charge is 0.191 e. The van der Waals surface area contributed by atoms with Crippen LogP contribution in [-0.2, 0) is 21.5 Å². The number of aliphatic imine (C=N–C) groups is 1. The van der Waals surface area contributed by atoms with Crippen molar-refractivity contribution >= 4 is 41.5 Å². The number of hydrogen-bond donors (Lipinski definition) is 2. The third-order valence-corrected chi connectivity index (χ3v) is 5.82. The second-order valence-electron chi connectivity index (χ2n) is 7.58. The molecule has 1 saturated heterocycles. The summed E-state index contributed by atoms with van der Waals surface area (Å²) in [5, 5.41) is 7.56. The van der Waals surface area contributed by atoms with Crippen LogP contribution >= 0.6 is 35.6 Å². The minimum atomic E-state index is -0.141. The minimum Gasteiger partial charge on any atom is -0.496 e. The summed E-state index contributed by atoms with van der Waals surface area (Å²) in [4.78, 5) is 4.37. The fourth-order valence-corrected chi connectivity index (χ4v) is 3.99. The van der Waals surface area contributed by atoms with Gasteiger partial charge >= 0.3 is 0 Å². The van der Waals surface area contributed by atoms with Crippen molar-refractivity contribution in [2.75, 3.05) is 47.1 Å². The Kier molecular flexibility index (Phi) is 11.6. The number of furan rings is 1. The fourth-order valence-electron chi connectivity index (χ4n) is 3.82. The normalized spacial score (nSPS) is 15.7. The quantitative estimate of drug-likeness (QED) is 0.189. The fraction of sp³-hybridized carbons (Fsp3) is 0.522. The van der Waals surface area contributed by atoms with Gasteiger partial charge in [0.15, 0.2) is 5.96 Å². The van der Waals surface area contributed by atoms with Crippen LogP contribution in [0.4, 0.5) is 0 Å². The first-order valence-electron chi connectivity index (χ1n) is 10.6. The van der Waals surface area contributed by atoms with E-state index >= 15 is 0 Å². The molecule has 0 bridgehead atoms. The standard InChI is InChI=1S/C23H32ClN3O4.HI/c1-25-22(26-10-4-11-30-16-19-5-3-12-31-19)27-17-23(8-13-29-14-9-23)20-15-18(24)6-7-21(20)28-2;/h3,5-7,12,15H,4,8-11,13-14,16-17H2,1-2H3,(H2,25,26,27);1H. The maximum absolute atomic E-state index is 6.33. The molecule has 1 aromatic carbocycles. The van der Waals surface area contributed by atoms with Crippen molar-refractivity contribution < 1.29 is 18.6 Å². The molecule has 2 heterocycles. The molecule has 7 nitrogen and oxygen atoms in total. The summed E-state index contributed by atoms with van der Waals surface area (Å²) in [5.74, 6) is 2.45. The largest absolute Gasteiger partial charge is 0.496 e. The topological polar surface area (TPSA) is 77.3 Å². The highest BCUT2D eigenvalue weighted by Gasteiger charge is 2.37. The maximum Gasteiger partial charge on any atom is 0.191 e. The number of hydrogen-bond acceptors (Lipinski definition) is 5. The van der Waals surface area contributed by atoms with Gasteiger partial charge in [-0.25, -0.2) is 0 Å². The molecule has 3 rings (SSSR count). The van der Waals surface area contributed by atoms with Crippen LogP contribution in [0.2, 0.25) is 5.02 Å². The summed E-state index contributed by atoms with van der Waals surface area (Å²) in [5.41, 5.74) is 0.971. The Balaban J connectivity index is 0.00000363. The first-order chi connectivity index (χ1) is 15.2. The van der Waals surface area contributed by atoms with E-state index in [1.807, 2.05) is 30.3 Å². The van der Waals surface area contributed by atoms with E-state index in [0.717, 1.165) is 48.8 Å². The Morgan fingerprint density at radius 1 is 1.22 bits per heavy atom. The second kappa shape index (κ2) is 13.9. The van der Waals surface area contributed by atoms with Crippen molar-refractivity contribution in [1.29, 1.82) is 0 Å². The van der Waals surface area contributed by atoms with Gasteiger partial charge in [-0.15, -0.1) is 24.0 Å². The number of halogens is 2. The van der Waals surface area contributed by atoms with Crippen LogP contribution in [0, 0.1) is 0 Å². The summed E-state index contributed by atoms with van der Waals surface area (Å²) < 4.78 is 22.2. The lowest BCUT2D eigenvalue weighted by molar-refractivity contribution is 0.0505. The first-order valence-corrected chi connectivity index (χ1v) is 11.0. The predicted molar refractivity (Wildman–Crippen MR) is 137 cm³/mol. The van der Waals surface area contributed by atoms with E-state index < -0.39 is 0 Å². The van der Waals surface area contributed by atoms with Gasteiger partial charge in [-0.1, -0.05) is 11.6 Å². The van der Waals surface area contributed by atoms with Gasteiger partial charge in [0.25, 0.3) is 0 Å². The minimum absolute atomic E-state index is 0. The highest BCUT2D eigenvalue weighted by Crippen LogP contribution is 2.40. The van der Waals surface area contributed by atoms with E-state index in [9.17, 15) is 0 Å². The van der Waals surface area contributed by atoms with Gasteiger partial charge in [0, 0.05) is 56.0 Å². The second-order valence-corrected chi connectivity index (χ2v) is 8.01. The van der Waals surface area contributed by atoms with Crippen LogP contribution in [-0.4, -0.2) is 53.0 Å². The van der Waals surface area contributed by atoms with Crippen molar-refractivity contribution in [3.63, 3.8) is 0 Å². The van der Waals surface area contributed by atoms with Gasteiger partial charge in [-0.2, -0.15) is 0 Å². The van der Waals surface area contributed by atoms with E-state index in [0.29, 0.717) is 38.0 Å². The molecule has 0 atom stereocenters. The van der Waals surface area contributed by atoms with Gasteiger partial charge in [0.1, 0.15) is 18.1 Å². The third kappa shape index (κ3) is 7.54. The predicted octanol–water partition coefficient (Wildman–Crippen LogP) is 4.38. The molecule has 178 valence electrons. The number of ether oxygens (including phenoxy) is 3. The van der Waals surface area contributed by atoms with Crippen LogP contribution < -0.4 is 15.4 Å². The van der Waals surface area contributed by atoms with E-state index in [4.69, 9.17) is 30.2 Å². The molecule has 1 aliphatic rings. The van der Waals surface area contributed by atoms with Gasteiger partial charge in [0.2, 0.25) is 0 Å². The van der Waals surface area contributed by atoms with Crippen molar-refractivity contribution in [3.8, 4) is 5.75 Å². The monoisotopic (exact) mass is 577 g/mol. The first kappa shape index (κ1) is 26.8. The molecule has 0 saturated carbocycles. The Hall–Kier alpha value is -1.49. The molecule has 1 aliphatic heterocycles. The lowest BCUT2D eigenvalue weighted by atomic mass is 9.73. The van der Waals surface area contributed by atoms with Gasteiger partial charge < -0.3 is 29.3 Å². The average Bonchev–Trinajstić information content (AvgIpc) is 3.32. The van der Waals surface area contributed by atoms with Crippen LogP contribution in [0.1, 0.15) is 30.6 Å². The average molecular weight is 578 g/mol. The number of methoxy groups -OCH3 is 1. The number of rotatable bonds is 10. The molecule has 0 amide bonds. The van der Waals surface area contributed by atoms with Crippen LogP contribution in [0.5, 0.6) is 5.75 Å². The maximum atomic E-state index is 6.33. The lowest BCUT2D eigenvalue weighted by Gasteiger charge is -2.39. The Bertz CT molecular complexity index is 827. The summed E-state index contributed by atoms with van der Waals surface area (Å²) in [6, 6.07) is 9.58. The van der Waals surface area contributed by atoms with Gasteiger partial charge in [0.05, 0.1) is 13.4 Å². The molecule has 0 unspecified atom stereocenters. The van der Waals surface area contributed by atoms with Crippen molar-refractivity contribution in [2.24, 2.45) is 4.99 Å². The van der Waals surface area contributed by atoms with Crippen molar-refractivity contribution in [3.05, 3.63) is 52.9 Å². The van der Waals surface area contributed by atoms with Gasteiger partial charge in [-0.05, 0) is 49.6 Å². The van der Waals surface area contributed by atoms with Crippen LogP contribution in [0.15, 0.2) is 46.0 Å². The summed E-state index contributed by atoms with van der Waals surface area (Å²) >= 11 is 6.33. The molecular formula is C23H33ClIN3O4. The van der Waals surface area contributed by atoms with E-state index in [2.05, 4.69) is 15.6 Å². The van der Waals surface area contributed by atoms with Gasteiger partial charge in [-0.3, -0.25) is 4.99 Å². The molecule has 0 spiro atoms. The molecule has 0 aliphatic carbocycles. The van der Waals surface area contributed by atoms with Crippen molar-refractivity contribution in [2.45, 2.75) is 31.3 Å². The number of benzene rings is 1. The number of nitrogens with one attached hydrogen (secondary N) is 2. The zero-order valence-electron chi connectivity index (χ0n) is 18.7. The van der Waals surface area contributed by atoms with E-state index in [1.54, 1.807) is 20.4 Å². The summed E-state index contributed by atoms with van der Waals surface area (Å²) in [6.07, 6.45) is 4.28. The summed E-state index contributed by atoms with van der Waals surface area (Å²) in [6.45, 7) is 4.01. The third-order valence-electron chi connectivity index (χ3n) is 5.58.